The second-order valence-corrected chi connectivity index (χ2v) is 5.39. The highest BCUT2D eigenvalue weighted by molar-refractivity contribution is 5.85. The van der Waals surface area contributed by atoms with Crippen molar-refractivity contribution < 1.29 is 14.6 Å². The molecule has 0 saturated heterocycles. The fourth-order valence-electron chi connectivity index (χ4n) is 3.11. The topological polar surface area (TPSA) is 58.6 Å². The van der Waals surface area contributed by atoms with Gasteiger partial charge in [0.25, 0.3) is 0 Å². The highest BCUT2D eigenvalue weighted by Gasteiger charge is 2.34. The average molecular weight is 261 g/mol. The molecular formula is C15H19NO3. The number of hydrogen-bond acceptors (Lipinski definition) is 3. The Hall–Kier alpha value is -1.55. The Labute approximate surface area is 112 Å². The van der Waals surface area contributed by atoms with E-state index < -0.39 is 0 Å². The summed E-state index contributed by atoms with van der Waals surface area (Å²) in [6.07, 6.45) is 3.04. The van der Waals surface area contributed by atoms with Crippen LogP contribution in [0.2, 0.25) is 0 Å². The molecule has 1 aromatic carbocycles. The van der Waals surface area contributed by atoms with Gasteiger partial charge in [-0.2, -0.15) is 0 Å². The number of ether oxygens (including phenoxy) is 1. The van der Waals surface area contributed by atoms with Crippen LogP contribution >= 0.6 is 0 Å². The number of amides is 1. The van der Waals surface area contributed by atoms with Crippen LogP contribution in [0.4, 0.5) is 0 Å². The van der Waals surface area contributed by atoms with Crippen LogP contribution in [0.3, 0.4) is 0 Å². The molecule has 1 heterocycles. The van der Waals surface area contributed by atoms with Crippen LogP contribution in [0, 0.1) is 5.92 Å². The lowest BCUT2D eigenvalue weighted by atomic mass is 9.98. The zero-order valence-electron chi connectivity index (χ0n) is 10.8. The van der Waals surface area contributed by atoms with Crippen LogP contribution in [0.15, 0.2) is 24.3 Å². The Morgan fingerprint density at radius 3 is 3.05 bits per heavy atom. The first kappa shape index (κ1) is 12.5. The molecule has 102 valence electrons. The second-order valence-electron chi connectivity index (χ2n) is 5.39. The van der Waals surface area contributed by atoms with Crippen molar-refractivity contribution in [2.75, 3.05) is 13.2 Å². The van der Waals surface area contributed by atoms with E-state index in [2.05, 4.69) is 5.32 Å². The molecule has 0 aromatic heterocycles. The predicted octanol–water partition coefficient (Wildman–Crippen LogP) is 1.44. The Morgan fingerprint density at radius 2 is 2.21 bits per heavy atom. The van der Waals surface area contributed by atoms with E-state index in [1.807, 2.05) is 24.3 Å². The summed E-state index contributed by atoms with van der Waals surface area (Å²) in [5.41, 5.74) is 0.971. The van der Waals surface area contributed by atoms with Crippen LogP contribution in [0.1, 0.15) is 30.7 Å². The molecule has 1 aromatic rings. The molecule has 3 rings (SSSR count). The van der Waals surface area contributed by atoms with Crippen molar-refractivity contribution in [2.45, 2.75) is 31.2 Å². The molecular weight excluding hydrogens is 242 g/mol. The number of aliphatic hydroxyl groups excluding tert-OH is 1. The third kappa shape index (κ3) is 2.32. The van der Waals surface area contributed by atoms with E-state index in [-0.39, 0.29) is 30.4 Å². The fraction of sp³-hybridized carbons (Fsp3) is 0.533. The van der Waals surface area contributed by atoms with Crippen molar-refractivity contribution in [1.29, 1.82) is 0 Å². The molecule has 0 bridgehead atoms. The van der Waals surface area contributed by atoms with E-state index in [1.54, 1.807) is 0 Å². The van der Waals surface area contributed by atoms with Crippen LogP contribution in [-0.2, 0) is 4.79 Å². The minimum Gasteiger partial charge on any atom is -0.492 e. The van der Waals surface area contributed by atoms with Gasteiger partial charge in [-0.3, -0.25) is 4.79 Å². The molecule has 1 aliphatic carbocycles. The summed E-state index contributed by atoms with van der Waals surface area (Å²) in [6, 6.07) is 7.81. The predicted molar refractivity (Wildman–Crippen MR) is 71.0 cm³/mol. The Balaban J connectivity index is 1.69. The van der Waals surface area contributed by atoms with Crippen molar-refractivity contribution in [3.05, 3.63) is 29.8 Å². The van der Waals surface area contributed by atoms with Crippen LogP contribution < -0.4 is 10.1 Å². The lowest BCUT2D eigenvalue weighted by Gasteiger charge is -2.20. The van der Waals surface area contributed by atoms with E-state index in [0.717, 1.165) is 30.6 Å². The summed E-state index contributed by atoms with van der Waals surface area (Å²) in [4.78, 5) is 12.4. The van der Waals surface area contributed by atoms with Crippen LogP contribution in [0.25, 0.3) is 0 Å². The van der Waals surface area contributed by atoms with Gasteiger partial charge in [0.05, 0.1) is 0 Å². The molecule has 3 atom stereocenters. The van der Waals surface area contributed by atoms with E-state index in [0.29, 0.717) is 6.61 Å². The van der Waals surface area contributed by atoms with Crippen molar-refractivity contribution in [1.82, 2.24) is 5.32 Å². The van der Waals surface area contributed by atoms with E-state index in [9.17, 15) is 9.90 Å². The van der Waals surface area contributed by atoms with E-state index >= 15 is 0 Å². The highest BCUT2D eigenvalue weighted by atomic mass is 16.5. The number of aliphatic hydroxyl groups is 1. The number of carbonyl (C=O) groups is 1. The lowest BCUT2D eigenvalue weighted by Crippen LogP contribution is -2.41. The van der Waals surface area contributed by atoms with Gasteiger partial charge < -0.3 is 15.2 Å². The highest BCUT2D eigenvalue weighted by Crippen LogP contribution is 2.34. The molecule has 1 fully saturated rings. The molecule has 2 aliphatic rings. The number of carbonyl (C=O) groups excluding carboxylic acids is 1. The molecule has 0 spiro atoms. The molecule has 4 nitrogen and oxygen atoms in total. The molecule has 0 radical (unpaired) electrons. The Kier molecular flexibility index (Phi) is 3.42. The maximum Gasteiger partial charge on any atom is 0.231 e. The summed E-state index contributed by atoms with van der Waals surface area (Å²) < 4.78 is 5.54. The number of rotatable bonds is 3. The summed E-state index contributed by atoms with van der Waals surface area (Å²) in [7, 11) is 0. The zero-order valence-corrected chi connectivity index (χ0v) is 10.8. The molecule has 4 heteroatoms. The minimum absolute atomic E-state index is 0.0234. The van der Waals surface area contributed by atoms with Gasteiger partial charge in [-0.1, -0.05) is 24.6 Å². The fourth-order valence-corrected chi connectivity index (χ4v) is 3.11. The van der Waals surface area contributed by atoms with Crippen molar-refractivity contribution in [3.8, 4) is 5.75 Å². The van der Waals surface area contributed by atoms with Crippen LogP contribution in [0.5, 0.6) is 5.75 Å². The van der Waals surface area contributed by atoms with Gasteiger partial charge in [0.15, 0.2) is 0 Å². The second kappa shape index (κ2) is 5.21. The van der Waals surface area contributed by atoms with Crippen molar-refractivity contribution >= 4 is 5.91 Å². The lowest BCUT2D eigenvalue weighted by molar-refractivity contribution is -0.123. The quantitative estimate of drug-likeness (QED) is 0.865. The van der Waals surface area contributed by atoms with Crippen molar-refractivity contribution in [2.24, 2.45) is 5.92 Å². The minimum atomic E-state index is -0.212. The standard InChI is InChI=1S/C15H19NO3/c17-8-10-4-3-6-13(10)16-15(18)12-9-19-14-7-2-1-5-11(12)14/h1-2,5,7,10,12-13,17H,3-4,6,8-9H2,(H,16,18). The Morgan fingerprint density at radius 1 is 1.37 bits per heavy atom. The summed E-state index contributed by atoms with van der Waals surface area (Å²) in [5, 5.41) is 12.4. The molecule has 19 heavy (non-hydrogen) atoms. The van der Waals surface area contributed by atoms with Crippen LogP contribution in [-0.4, -0.2) is 30.3 Å². The Bertz CT molecular complexity index is 474. The van der Waals surface area contributed by atoms with Gasteiger partial charge in [0, 0.05) is 24.1 Å². The number of hydrogen-bond donors (Lipinski definition) is 2. The van der Waals surface area contributed by atoms with Gasteiger partial charge >= 0.3 is 0 Å². The summed E-state index contributed by atoms with van der Waals surface area (Å²) in [5.74, 6) is 0.834. The summed E-state index contributed by atoms with van der Waals surface area (Å²) in [6.45, 7) is 0.574. The SMILES string of the molecule is O=C(NC1CCCC1CO)C1COc2ccccc21. The third-order valence-corrected chi connectivity index (χ3v) is 4.24. The first-order valence-corrected chi connectivity index (χ1v) is 6.92. The number of benzene rings is 1. The van der Waals surface area contributed by atoms with Gasteiger partial charge in [0.1, 0.15) is 18.3 Å². The first-order valence-electron chi connectivity index (χ1n) is 6.92. The van der Waals surface area contributed by atoms with Gasteiger partial charge in [-0.05, 0) is 18.9 Å². The van der Waals surface area contributed by atoms with Crippen molar-refractivity contribution in [3.63, 3.8) is 0 Å². The van der Waals surface area contributed by atoms with E-state index in [1.165, 1.54) is 0 Å². The molecule has 1 saturated carbocycles. The first-order chi connectivity index (χ1) is 9.29. The van der Waals surface area contributed by atoms with Gasteiger partial charge in [-0.15, -0.1) is 0 Å². The largest absolute Gasteiger partial charge is 0.492 e. The normalized spacial score (nSPS) is 28.8. The number of fused-ring (bicyclic) bond motifs is 1. The van der Waals surface area contributed by atoms with Gasteiger partial charge in [0.2, 0.25) is 5.91 Å². The smallest absolute Gasteiger partial charge is 0.231 e. The van der Waals surface area contributed by atoms with E-state index in [4.69, 9.17) is 4.74 Å². The molecule has 2 N–H and O–H groups in total. The number of para-hydroxylation sites is 1. The monoisotopic (exact) mass is 261 g/mol. The zero-order chi connectivity index (χ0) is 13.2. The molecule has 1 amide bonds. The molecule has 1 aliphatic heterocycles. The maximum atomic E-state index is 12.4. The van der Waals surface area contributed by atoms with Gasteiger partial charge in [-0.25, -0.2) is 0 Å². The molecule has 3 unspecified atom stereocenters. The average Bonchev–Trinajstić information content (AvgIpc) is 3.04. The number of nitrogens with one attached hydrogen (secondary N) is 1. The third-order valence-electron chi connectivity index (χ3n) is 4.24. The summed E-state index contributed by atoms with van der Waals surface area (Å²) >= 11 is 0. The maximum absolute atomic E-state index is 12.4.